The number of carbonyl (C=O) groups excluding carboxylic acids is 1. The predicted octanol–water partition coefficient (Wildman–Crippen LogP) is 1.02. The minimum atomic E-state index is -0.497. The number of likely N-dealkylation sites (N-methyl/N-ethyl adjacent to an activating group) is 1. The van der Waals surface area contributed by atoms with Crippen LogP contribution in [0.3, 0.4) is 0 Å². The summed E-state index contributed by atoms with van der Waals surface area (Å²) in [5.41, 5.74) is 0.584. The van der Waals surface area contributed by atoms with Gasteiger partial charge in [-0.1, -0.05) is 6.07 Å². The molecular formula is C20H35N7O2. The lowest BCUT2D eigenvalue weighted by atomic mass is 10.2. The second-order valence-electron chi connectivity index (χ2n) is 8.10. The van der Waals surface area contributed by atoms with E-state index in [4.69, 9.17) is 4.74 Å². The van der Waals surface area contributed by atoms with E-state index in [-0.39, 0.29) is 0 Å². The van der Waals surface area contributed by atoms with Gasteiger partial charge in [0.1, 0.15) is 11.4 Å². The van der Waals surface area contributed by atoms with E-state index in [9.17, 15) is 4.79 Å². The Morgan fingerprint density at radius 1 is 1.14 bits per heavy atom. The van der Waals surface area contributed by atoms with Crippen LogP contribution in [-0.2, 0) is 11.3 Å². The maximum atomic E-state index is 11.6. The number of carbonyl (C=O) groups is 1. The number of amides is 1. The van der Waals surface area contributed by atoms with Crippen LogP contribution < -0.4 is 20.9 Å². The second-order valence-corrected chi connectivity index (χ2v) is 8.10. The van der Waals surface area contributed by atoms with Gasteiger partial charge in [0.2, 0.25) is 0 Å². The molecule has 1 aromatic heterocycles. The summed E-state index contributed by atoms with van der Waals surface area (Å²) in [5, 5.41) is 9.12. The Kier molecular flexibility index (Phi) is 8.50. The molecule has 29 heavy (non-hydrogen) atoms. The van der Waals surface area contributed by atoms with E-state index in [1.165, 1.54) is 0 Å². The quantitative estimate of drug-likeness (QED) is 0.370. The number of pyridine rings is 1. The predicted molar refractivity (Wildman–Crippen MR) is 116 cm³/mol. The summed E-state index contributed by atoms with van der Waals surface area (Å²) in [6.45, 7) is 11.3. The second kappa shape index (κ2) is 10.8. The highest BCUT2D eigenvalue weighted by Crippen LogP contribution is 2.13. The molecule has 9 nitrogen and oxygen atoms in total. The lowest BCUT2D eigenvalue weighted by molar-refractivity contribution is 0.0529. The Bertz CT molecular complexity index is 662. The molecule has 9 heteroatoms. The number of guanidine groups is 1. The van der Waals surface area contributed by atoms with Crippen molar-refractivity contribution in [3.8, 4) is 0 Å². The van der Waals surface area contributed by atoms with Gasteiger partial charge in [-0.2, -0.15) is 0 Å². The SMILES string of the molecule is CN=C(NCCNC(=O)OC(C)(C)C)NCc1ccc(N2CCN(C)CC2)nc1. The average Bonchev–Trinajstić information content (AvgIpc) is 2.67. The molecule has 2 heterocycles. The molecule has 0 aromatic carbocycles. The van der Waals surface area contributed by atoms with Gasteiger partial charge >= 0.3 is 6.09 Å². The summed E-state index contributed by atoms with van der Waals surface area (Å²) in [4.78, 5) is 25.1. The Morgan fingerprint density at radius 2 is 1.83 bits per heavy atom. The molecule has 1 saturated heterocycles. The number of hydrogen-bond acceptors (Lipinski definition) is 6. The minimum Gasteiger partial charge on any atom is -0.444 e. The van der Waals surface area contributed by atoms with Crippen LogP contribution in [-0.4, -0.2) is 80.9 Å². The molecule has 3 N–H and O–H groups in total. The molecule has 2 rings (SSSR count). The fraction of sp³-hybridized carbons (Fsp3) is 0.650. The Morgan fingerprint density at radius 3 is 2.41 bits per heavy atom. The van der Waals surface area contributed by atoms with Gasteiger partial charge in [-0.05, 0) is 39.4 Å². The molecule has 1 amide bonds. The molecular weight excluding hydrogens is 370 g/mol. The fourth-order valence-electron chi connectivity index (χ4n) is 2.81. The minimum absolute atomic E-state index is 0.422. The van der Waals surface area contributed by atoms with Crippen molar-refractivity contribution < 1.29 is 9.53 Å². The summed E-state index contributed by atoms with van der Waals surface area (Å²) in [5.74, 6) is 1.69. The summed E-state index contributed by atoms with van der Waals surface area (Å²) in [7, 11) is 3.86. The van der Waals surface area contributed by atoms with Gasteiger partial charge in [-0.25, -0.2) is 9.78 Å². The van der Waals surface area contributed by atoms with Crippen LogP contribution >= 0.6 is 0 Å². The molecule has 0 unspecified atom stereocenters. The molecule has 0 spiro atoms. The highest BCUT2D eigenvalue weighted by Gasteiger charge is 2.16. The fourth-order valence-corrected chi connectivity index (χ4v) is 2.81. The van der Waals surface area contributed by atoms with E-state index in [1.54, 1.807) is 7.05 Å². The van der Waals surface area contributed by atoms with Crippen molar-refractivity contribution >= 4 is 17.9 Å². The van der Waals surface area contributed by atoms with Gasteiger partial charge in [-0.15, -0.1) is 0 Å². The average molecular weight is 406 g/mol. The van der Waals surface area contributed by atoms with Gasteiger partial charge in [0.25, 0.3) is 0 Å². The van der Waals surface area contributed by atoms with Crippen molar-refractivity contribution in [2.24, 2.45) is 4.99 Å². The Hall–Kier alpha value is -2.55. The lowest BCUT2D eigenvalue weighted by Gasteiger charge is -2.33. The van der Waals surface area contributed by atoms with E-state index < -0.39 is 11.7 Å². The van der Waals surface area contributed by atoms with Crippen molar-refractivity contribution in [3.63, 3.8) is 0 Å². The Balaban J connectivity index is 1.69. The largest absolute Gasteiger partial charge is 0.444 e. The number of piperazine rings is 1. The summed E-state index contributed by atoms with van der Waals surface area (Å²) in [6, 6.07) is 4.16. The van der Waals surface area contributed by atoms with Gasteiger partial charge in [0, 0.05) is 59.1 Å². The van der Waals surface area contributed by atoms with Gasteiger partial charge in [-0.3, -0.25) is 4.99 Å². The smallest absolute Gasteiger partial charge is 0.407 e. The number of rotatable bonds is 6. The Labute approximate surface area is 173 Å². The number of anilines is 1. The van der Waals surface area contributed by atoms with Gasteiger partial charge < -0.3 is 30.5 Å². The van der Waals surface area contributed by atoms with Crippen molar-refractivity contribution in [1.82, 2.24) is 25.8 Å². The third-order valence-corrected chi connectivity index (χ3v) is 4.41. The molecule has 1 aliphatic heterocycles. The maximum absolute atomic E-state index is 11.6. The third-order valence-electron chi connectivity index (χ3n) is 4.41. The van der Waals surface area contributed by atoms with E-state index in [2.05, 4.69) is 54.9 Å². The number of alkyl carbamates (subject to hydrolysis) is 1. The van der Waals surface area contributed by atoms with Crippen molar-refractivity contribution in [3.05, 3.63) is 23.9 Å². The molecule has 1 aliphatic rings. The molecule has 162 valence electrons. The van der Waals surface area contributed by atoms with Crippen LogP contribution in [0, 0.1) is 0 Å². The van der Waals surface area contributed by atoms with E-state index in [0.717, 1.165) is 37.6 Å². The highest BCUT2D eigenvalue weighted by atomic mass is 16.6. The van der Waals surface area contributed by atoms with Crippen LogP contribution in [0.2, 0.25) is 0 Å². The number of ether oxygens (including phenoxy) is 1. The van der Waals surface area contributed by atoms with Crippen LogP contribution in [0.4, 0.5) is 10.6 Å². The maximum Gasteiger partial charge on any atom is 0.407 e. The topological polar surface area (TPSA) is 94.1 Å². The lowest BCUT2D eigenvalue weighted by Crippen LogP contribution is -2.44. The zero-order valence-electron chi connectivity index (χ0n) is 18.3. The number of nitrogens with one attached hydrogen (secondary N) is 3. The molecule has 0 atom stereocenters. The number of hydrogen-bond donors (Lipinski definition) is 3. The van der Waals surface area contributed by atoms with E-state index in [0.29, 0.717) is 25.6 Å². The normalized spacial score (nSPS) is 15.8. The first kappa shape index (κ1) is 22.7. The highest BCUT2D eigenvalue weighted by molar-refractivity contribution is 5.79. The number of aromatic nitrogens is 1. The first-order valence-corrected chi connectivity index (χ1v) is 10.1. The molecule has 0 saturated carbocycles. The summed E-state index contributed by atoms with van der Waals surface area (Å²) >= 11 is 0. The van der Waals surface area contributed by atoms with E-state index >= 15 is 0 Å². The van der Waals surface area contributed by atoms with Crippen LogP contribution in [0.1, 0.15) is 26.3 Å². The monoisotopic (exact) mass is 405 g/mol. The van der Waals surface area contributed by atoms with Crippen molar-refractivity contribution in [2.75, 3.05) is 58.3 Å². The summed E-state index contributed by atoms with van der Waals surface area (Å²) in [6.07, 6.45) is 1.48. The first-order valence-electron chi connectivity index (χ1n) is 10.1. The van der Waals surface area contributed by atoms with Gasteiger partial charge in [0.15, 0.2) is 5.96 Å². The van der Waals surface area contributed by atoms with E-state index in [1.807, 2.05) is 27.0 Å². The molecule has 0 radical (unpaired) electrons. The molecule has 0 bridgehead atoms. The molecule has 1 fully saturated rings. The number of aliphatic imine (C=N–C) groups is 1. The van der Waals surface area contributed by atoms with Crippen molar-refractivity contribution in [2.45, 2.75) is 32.9 Å². The first-order chi connectivity index (χ1) is 13.8. The molecule has 0 aliphatic carbocycles. The zero-order valence-corrected chi connectivity index (χ0v) is 18.3. The summed E-state index contributed by atoms with van der Waals surface area (Å²) < 4.78 is 5.20. The van der Waals surface area contributed by atoms with Crippen LogP contribution in [0.15, 0.2) is 23.3 Å². The van der Waals surface area contributed by atoms with Gasteiger partial charge in [0.05, 0.1) is 0 Å². The van der Waals surface area contributed by atoms with Crippen LogP contribution in [0.25, 0.3) is 0 Å². The standard InChI is InChI=1S/C20H35N7O2/c1-20(2,3)29-19(28)23-9-8-22-18(21-4)25-15-16-6-7-17(24-14-16)27-12-10-26(5)11-13-27/h6-7,14H,8-13,15H2,1-5H3,(H,23,28)(H2,21,22,25). The van der Waals surface area contributed by atoms with Crippen LogP contribution in [0.5, 0.6) is 0 Å². The number of nitrogens with zero attached hydrogens (tertiary/aromatic N) is 4. The molecule has 1 aromatic rings. The zero-order chi connectivity index (χ0) is 21.3. The van der Waals surface area contributed by atoms with Crippen molar-refractivity contribution in [1.29, 1.82) is 0 Å². The third kappa shape index (κ3) is 8.55.